The topological polar surface area (TPSA) is 107 Å². The number of halogens is 3. The van der Waals surface area contributed by atoms with E-state index >= 15 is 0 Å². The van der Waals surface area contributed by atoms with Gasteiger partial charge in [-0.2, -0.15) is 23.5 Å². The molecule has 0 spiro atoms. The molecule has 1 aromatic rings. The first-order chi connectivity index (χ1) is 10.8. The zero-order valence-corrected chi connectivity index (χ0v) is 11.9. The molecule has 2 rings (SSSR count). The summed E-state index contributed by atoms with van der Waals surface area (Å²) < 4.78 is 44.1. The van der Waals surface area contributed by atoms with Crippen LogP contribution in [0.15, 0.2) is 23.3 Å². The number of rotatable bonds is 6. The summed E-state index contributed by atoms with van der Waals surface area (Å²) in [5, 5.41) is 19.3. The molecule has 0 amide bonds. The van der Waals surface area contributed by atoms with Crippen molar-refractivity contribution in [3.8, 4) is 11.8 Å². The van der Waals surface area contributed by atoms with Crippen molar-refractivity contribution in [2.75, 3.05) is 12.0 Å². The van der Waals surface area contributed by atoms with Crippen LogP contribution >= 0.6 is 0 Å². The highest BCUT2D eigenvalue weighted by molar-refractivity contribution is 6.45. The standard InChI is InChI=1S/C14H14F3N5O/c15-14(16,17)9-3-10(21-22-12(6-18)13(19)20)5-11(4-9)23-7-8-1-2-8/h3-5,8,21H,1-2,7H2,(H3,19,20)/b22-12+. The van der Waals surface area contributed by atoms with Gasteiger partial charge in [-0.25, -0.2) is 0 Å². The van der Waals surface area contributed by atoms with E-state index in [0.29, 0.717) is 12.5 Å². The number of amidine groups is 1. The van der Waals surface area contributed by atoms with Crippen LogP contribution < -0.4 is 15.9 Å². The second-order valence-corrected chi connectivity index (χ2v) is 5.10. The smallest absolute Gasteiger partial charge is 0.416 e. The molecule has 4 N–H and O–H groups in total. The fraction of sp³-hybridized carbons (Fsp3) is 0.357. The molecule has 0 atom stereocenters. The molecule has 1 saturated carbocycles. The van der Waals surface area contributed by atoms with Gasteiger partial charge in [-0.05, 0) is 30.9 Å². The zero-order valence-electron chi connectivity index (χ0n) is 11.9. The fourth-order valence-electron chi connectivity index (χ4n) is 1.68. The van der Waals surface area contributed by atoms with Crippen LogP contribution in [0.5, 0.6) is 5.75 Å². The number of ether oxygens (including phenoxy) is 1. The van der Waals surface area contributed by atoms with Crippen molar-refractivity contribution < 1.29 is 17.9 Å². The molecule has 23 heavy (non-hydrogen) atoms. The number of nitrogens with zero attached hydrogens (tertiary/aromatic N) is 2. The number of nitriles is 1. The third-order valence-corrected chi connectivity index (χ3v) is 3.07. The molecule has 0 heterocycles. The Morgan fingerprint density at radius 3 is 2.65 bits per heavy atom. The highest BCUT2D eigenvalue weighted by Crippen LogP contribution is 2.35. The van der Waals surface area contributed by atoms with Gasteiger partial charge in [0.25, 0.3) is 0 Å². The van der Waals surface area contributed by atoms with Gasteiger partial charge in [0.1, 0.15) is 11.8 Å². The van der Waals surface area contributed by atoms with Gasteiger partial charge < -0.3 is 10.5 Å². The average Bonchev–Trinajstić information content (AvgIpc) is 3.28. The predicted octanol–water partition coefficient (Wildman–Crippen LogP) is 2.72. The molecule has 0 bridgehead atoms. The summed E-state index contributed by atoms with van der Waals surface area (Å²) in [5.74, 6) is -0.134. The summed E-state index contributed by atoms with van der Waals surface area (Å²) in [4.78, 5) is 0. The van der Waals surface area contributed by atoms with Gasteiger partial charge >= 0.3 is 6.18 Å². The van der Waals surface area contributed by atoms with E-state index in [1.165, 1.54) is 6.07 Å². The van der Waals surface area contributed by atoms with E-state index in [-0.39, 0.29) is 11.4 Å². The second kappa shape index (κ2) is 6.56. The summed E-state index contributed by atoms with van der Waals surface area (Å²) in [6.07, 6.45) is -2.52. The van der Waals surface area contributed by atoms with Crippen molar-refractivity contribution in [2.45, 2.75) is 19.0 Å². The zero-order chi connectivity index (χ0) is 17.0. The predicted molar refractivity (Wildman–Crippen MR) is 78.2 cm³/mol. The quantitative estimate of drug-likeness (QED) is 0.424. The van der Waals surface area contributed by atoms with Gasteiger partial charge in [-0.1, -0.05) is 0 Å². The number of alkyl halides is 3. The Morgan fingerprint density at radius 2 is 2.13 bits per heavy atom. The lowest BCUT2D eigenvalue weighted by Crippen LogP contribution is -2.21. The number of hydrogen-bond acceptors (Lipinski definition) is 5. The molecule has 0 aliphatic heterocycles. The largest absolute Gasteiger partial charge is 0.493 e. The van der Waals surface area contributed by atoms with Gasteiger partial charge in [-0.3, -0.25) is 10.8 Å². The van der Waals surface area contributed by atoms with Crippen LogP contribution in [0.3, 0.4) is 0 Å². The summed E-state index contributed by atoms with van der Waals surface area (Å²) in [7, 11) is 0. The minimum absolute atomic E-state index is 0.0142. The molecule has 1 aliphatic carbocycles. The van der Waals surface area contributed by atoms with Crippen LogP contribution in [0.4, 0.5) is 18.9 Å². The van der Waals surface area contributed by atoms with Crippen LogP contribution in [0.2, 0.25) is 0 Å². The molecule has 6 nitrogen and oxygen atoms in total. The Bertz CT molecular complexity index is 674. The summed E-state index contributed by atoms with van der Waals surface area (Å²) in [6, 6.07) is 4.65. The second-order valence-electron chi connectivity index (χ2n) is 5.10. The lowest BCUT2D eigenvalue weighted by Gasteiger charge is -2.13. The first kappa shape index (κ1) is 16.6. The van der Waals surface area contributed by atoms with Crippen LogP contribution in [0, 0.1) is 22.7 Å². The molecule has 0 aromatic heterocycles. The molecule has 1 fully saturated rings. The number of hydrogen-bond donors (Lipinski definition) is 3. The van der Waals surface area contributed by atoms with E-state index in [2.05, 4.69) is 10.5 Å². The average molecular weight is 325 g/mol. The van der Waals surface area contributed by atoms with Crippen LogP contribution in [-0.2, 0) is 6.18 Å². The summed E-state index contributed by atoms with van der Waals surface area (Å²) >= 11 is 0. The number of nitrogens with two attached hydrogens (primary N) is 1. The normalized spacial score (nSPS) is 15.0. The minimum atomic E-state index is -4.54. The molecular formula is C14H14F3N5O. The van der Waals surface area contributed by atoms with E-state index in [1.54, 1.807) is 6.07 Å². The molecule has 0 saturated heterocycles. The molecule has 1 aliphatic rings. The van der Waals surface area contributed by atoms with Crippen LogP contribution in [-0.4, -0.2) is 18.2 Å². The van der Waals surface area contributed by atoms with E-state index in [9.17, 15) is 13.2 Å². The lowest BCUT2D eigenvalue weighted by molar-refractivity contribution is -0.137. The van der Waals surface area contributed by atoms with Gasteiger partial charge in [-0.15, -0.1) is 0 Å². The third-order valence-electron chi connectivity index (χ3n) is 3.07. The van der Waals surface area contributed by atoms with Crippen molar-refractivity contribution in [1.29, 1.82) is 10.7 Å². The van der Waals surface area contributed by atoms with E-state index in [0.717, 1.165) is 25.0 Å². The van der Waals surface area contributed by atoms with Crippen LogP contribution in [0.25, 0.3) is 0 Å². The maximum Gasteiger partial charge on any atom is 0.416 e. The third kappa shape index (κ3) is 4.88. The highest BCUT2D eigenvalue weighted by atomic mass is 19.4. The summed E-state index contributed by atoms with van der Waals surface area (Å²) in [5.41, 5.74) is 6.07. The maximum atomic E-state index is 12.9. The first-order valence-electron chi connectivity index (χ1n) is 6.73. The van der Waals surface area contributed by atoms with Gasteiger partial charge in [0.15, 0.2) is 5.84 Å². The van der Waals surface area contributed by atoms with Gasteiger partial charge in [0.2, 0.25) is 5.71 Å². The number of hydrazone groups is 1. The summed E-state index contributed by atoms with van der Waals surface area (Å²) in [6.45, 7) is 0.362. The monoisotopic (exact) mass is 325 g/mol. The van der Waals surface area contributed by atoms with Crippen molar-refractivity contribution >= 4 is 17.2 Å². The molecule has 9 heteroatoms. The Morgan fingerprint density at radius 1 is 1.43 bits per heavy atom. The SMILES string of the molecule is N#C/C(=N\Nc1cc(OCC2CC2)cc(C(F)(F)F)c1)C(=N)N. The van der Waals surface area contributed by atoms with E-state index in [4.69, 9.17) is 21.1 Å². The Kier molecular flexibility index (Phi) is 4.74. The first-order valence-corrected chi connectivity index (χ1v) is 6.73. The van der Waals surface area contributed by atoms with Crippen molar-refractivity contribution in [3.63, 3.8) is 0 Å². The molecule has 0 radical (unpaired) electrons. The lowest BCUT2D eigenvalue weighted by atomic mass is 10.2. The molecule has 122 valence electrons. The Labute approximate surface area is 130 Å². The number of benzene rings is 1. The van der Waals surface area contributed by atoms with Crippen molar-refractivity contribution in [2.24, 2.45) is 16.8 Å². The van der Waals surface area contributed by atoms with Crippen LogP contribution in [0.1, 0.15) is 18.4 Å². The minimum Gasteiger partial charge on any atom is -0.493 e. The highest BCUT2D eigenvalue weighted by Gasteiger charge is 2.32. The fourth-order valence-corrected chi connectivity index (χ4v) is 1.68. The maximum absolute atomic E-state index is 12.9. The van der Waals surface area contributed by atoms with E-state index < -0.39 is 23.3 Å². The molecule has 1 aromatic carbocycles. The Balaban J connectivity index is 2.24. The van der Waals surface area contributed by atoms with Gasteiger partial charge in [0, 0.05) is 6.07 Å². The van der Waals surface area contributed by atoms with Gasteiger partial charge in [0.05, 0.1) is 17.9 Å². The number of anilines is 1. The van der Waals surface area contributed by atoms with E-state index in [1.807, 2.05) is 0 Å². The van der Waals surface area contributed by atoms with Crippen molar-refractivity contribution in [3.05, 3.63) is 23.8 Å². The number of nitrogens with one attached hydrogen (secondary N) is 2. The van der Waals surface area contributed by atoms with Crippen molar-refractivity contribution in [1.82, 2.24) is 0 Å². The molecular weight excluding hydrogens is 311 g/mol. The molecule has 0 unspecified atom stereocenters. The Hall–Kier alpha value is -2.76.